The van der Waals surface area contributed by atoms with Crippen LogP contribution in [0.3, 0.4) is 0 Å². The van der Waals surface area contributed by atoms with Gasteiger partial charge in [-0.2, -0.15) is 0 Å². The lowest BCUT2D eigenvalue weighted by molar-refractivity contribution is -0.263. The van der Waals surface area contributed by atoms with Crippen molar-refractivity contribution in [2.45, 2.75) is 126 Å². The topological polar surface area (TPSA) is 26.3 Å². The van der Waals surface area contributed by atoms with Crippen LogP contribution in [0, 0.1) is 56.7 Å². The van der Waals surface area contributed by atoms with Crippen molar-refractivity contribution in [1.29, 1.82) is 0 Å². The number of fused-ring (bicyclic) bond motifs is 7. The lowest BCUT2D eigenvalue weighted by Crippen LogP contribution is -2.68. The van der Waals surface area contributed by atoms with Crippen LogP contribution < -0.4 is 0 Å². The quantitative estimate of drug-likeness (QED) is 0.284. The Bertz CT molecular complexity index is 885. The molecule has 192 valence electrons. The van der Waals surface area contributed by atoms with Crippen molar-refractivity contribution in [2.24, 2.45) is 56.7 Å². The van der Waals surface area contributed by atoms with Crippen LogP contribution in [-0.4, -0.2) is 12.1 Å². The Morgan fingerprint density at radius 3 is 2.29 bits per heavy atom. The summed E-state index contributed by atoms with van der Waals surface area (Å²) in [6, 6.07) is 0. The van der Waals surface area contributed by atoms with Gasteiger partial charge in [-0.25, -0.2) is 0 Å². The molecule has 5 aliphatic rings. The summed E-state index contributed by atoms with van der Waals surface area (Å²) in [7, 11) is 0. The van der Waals surface area contributed by atoms with Gasteiger partial charge in [0, 0.05) is 12.3 Å². The summed E-state index contributed by atoms with van der Waals surface area (Å²) in [5.41, 5.74) is 3.09. The number of hydrogen-bond acceptors (Lipinski definition) is 2. The van der Waals surface area contributed by atoms with Gasteiger partial charge in [-0.15, -0.1) is 0 Å². The SMILES string of the molecule is CC(=O)O[C@H]1C[C@]2(C)[C@H](CC[C@@H]3[C@@]4(C)CCCC(C)(C)[C@@H]4CC[C@]32C)[C@H]2[C@H](C)C(C)=CC[C@@]21C. The van der Waals surface area contributed by atoms with E-state index in [1.54, 1.807) is 12.5 Å². The van der Waals surface area contributed by atoms with Crippen molar-refractivity contribution < 1.29 is 9.53 Å². The fraction of sp³-hybridized carbons (Fsp3) is 0.906. The number of carbonyl (C=O) groups excluding carboxylic acids is 1. The predicted octanol–water partition coefficient (Wildman–Crippen LogP) is 8.60. The number of rotatable bonds is 1. The molecule has 4 saturated carbocycles. The molecular weight excluding hydrogens is 416 g/mol. The van der Waals surface area contributed by atoms with Gasteiger partial charge in [-0.1, -0.05) is 66.5 Å². The summed E-state index contributed by atoms with van der Waals surface area (Å²) in [4.78, 5) is 12.4. The second-order valence-electron chi connectivity index (χ2n) is 15.3. The second-order valence-corrected chi connectivity index (χ2v) is 15.3. The summed E-state index contributed by atoms with van der Waals surface area (Å²) < 4.78 is 6.28. The van der Waals surface area contributed by atoms with Gasteiger partial charge in [0.15, 0.2) is 0 Å². The molecule has 0 heterocycles. The van der Waals surface area contributed by atoms with E-state index in [1.165, 1.54) is 44.9 Å². The molecule has 0 aromatic heterocycles. The molecule has 0 aromatic carbocycles. The van der Waals surface area contributed by atoms with Gasteiger partial charge in [-0.3, -0.25) is 4.79 Å². The zero-order valence-electron chi connectivity index (χ0n) is 23.7. The number of allylic oxidation sites excluding steroid dienone is 2. The van der Waals surface area contributed by atoms with E-state index in [4.69, 9.17) is 4.74 Å². The molecule has 0 bridgehead atoms. The van der Waals surface area contributed by atoms with E-state index in [2.05, 4.69) is 61.5 Å². The number of hydrogen-bond donors (Lipinski definition) is 0. The third kappa shape index (κ3) is 3.08. The van der Waals surface area contributed by atoms with E-state index in [0.717, 1.165) is 30.6 Å². The first-order chi connectivity index (χ1) is 15.7. The summed E-state index contributed by atoms with van der Waals surface area (Å²) in [5.74, 6) is 3.45. The van der Waals surface area contributed by atoms with Crippen molar-refractivity contribution in [2.75, 3.05) is 0 Å². The second kappa shape index (κ2) is 7.61. The van der Waals surface area contributed by atoms with E-state index < -0.39 is 0 Å². The number of carbonyl (C=O) groups is 1. The Labute approximate surface area is 210 Å². The fourth-order valence-electron chi connectivity index (χ4n) is 11.7. The fourth-order valence-corrected chi connectivity index (χ4v) is 11.7. The summed E-state index contributed by atoms with van der Waals surface area (Å²) in [6.07, 6.45) is 14.3. The molecule has 0 unspecified atom stereocenters. The third-order valence-corrected chi connectivity index (χ3v) is 13.7. The van der Waals surface area contributed by atoms with E-state index in [0.29, 0.717) is 28.1 Å². The van der Waals surface area contributed by atoms with E-state index in [-0.39, 0.29) is 22.9 Å². The predicted molar refractivity (Wildman–Crippen MR) is 140 cm³/mol. The molecule has 0 amide bonds. The first-order valence-corrected chi connectivity index (χ1v) is 14.5. The maximum Gasteiger partial charge on any atom is 0.302 e. The van der Waals surface area contributed by atoms with Crippen molar-refractivity contribution in [3.8, 4) is 0 Å². The standard InChI is InChI=1S/C32H52O2/c1-20-13-17-30(7)26(34-22(3)33)19-32(9)23(27(30)21(20)2)11-12-25-29(6)16-10-15-28(4,5)24(29)14-18-31(25,32)8/h13,21,23-27H,10-12,14-19H2,1-9H3/t21-,23-,24+,25-,26+,27-,29+,30-,31-,32-/m1/s1. The molecule has 5 rings (SSSR count). The molecule has 10 atom stereocenters. The number of ether oxygens (including phenoxy) is 1. The molecule has 0 aliphatic heterocycles. The maximum absolute atomic E-state index is 12.4. The monoisotopic (exact) mass is 468 g/mol. The lowest BCUT2D eigenvalue weighted by atomic mass is 9.31. The van der Waals surface area contributed by atoms with Crippen LogP contribution in [-0.2, 0) is 9.53 Å². The highest BCUT2D eigenvalue weighted by Crippen LogP contribution is 2.76. The highest BCUT2D eigenvalue weighted by molar-refractivity contribution is 5.66. The summed E-state index contributed by atoms with van der Waals surface area (Å²) in [6.45, 7) is 22.1. The molecule has 4 fully saturated rings. The van der Waals surface area contributed by atoms with Crippen LogP contribution in [0.4, 0.5) is 0 Å². The van der Waals surface area contributed by atoms with Crippen molar-refractivity contribution in [1.82, 2.24) is 0 Å². The van der Waals surface area contributed by atoms with Crippen molar-refractivity contribution >= 4 is 5.97 Å². The smallest absolute Gasteiger partial charge is 0.302 e. The zero-order valence-corrected chi connectivity index (χ0v) is 23.7. The summed E-state index contributed by atoms with van der Waals surface area (Å²) in [5, 5.41) is 0. The first-order valence-electron chi connectivity index (χ1n) is 14.5. The molecule has 2 heteroatoms. The van der Waals surface area contributed by atoms with Gasteiger partial charge in [0.25, 0.3) is 0 Å². The molecule has 0 saturated heterocycles. The van der Waals surface area contributed by atoms with E-state index >= 15 is 0 Å². The average molecular weight is 469 g/mol. The number of esters is 1. The Hall–Kier alpha value is -0.790. The molecular formula is C32H52O2. The minimum Gasteiger partial charge on any atom is -0.462 e. The third-order valence-electron chi connectivity index (χ3n) is 13.7. The molecule has 5 aliphatic carbocycles. The van der Waals surface area contributed by atoms with E-state index in [1.807, 2.05) is 0 Å². The zero-order chi connectivity index (χ0) is 24.9. The Kier molecular flexibility index (Phi) is 5.57. The highest BCUT2D eigenvalue weighted by Gasteiger charge is 2.71. The molecule has 34 heavy (non-hydrogen) atoms. The lowest BCUT2D eigenvalue weighted by Gasteiger charge is -2.74. The highest BCUT2D eigenvalue weighted by atomic mass is 16.5. The van der Waals surface area contributed by atoms with Crippen molar-refractivity contribution in [3.63, 3.8) is 0 Å². The summed E-state index contributed by atoms with van der Waals surface area (Å²) >= 11 is 0. The molecule has 2 nitrogen and oxygen atoms in total. The molecule has 0 radical (unpaired) electrons. The van der Waals surface area contributed by atoms with Gasteiger partial charge in [0.2, 0.25) is 0 Å². The van der Waals surface area contributed by atoms with Crippen LogP contribution in [0.1, 0.15) is 120 Å². The van der Waals surface area contributed by atoms with Crippen LogP contribution in [0.15, 0.2) is 11.6 Å². The van der Waals surface area contributed by atoms with Crippen LogP contribution in [0.25, 0.3) is 0 Å². The molecule has 0 spiro atoms. The van der Waals surface area contributed by atoms with Gasteiger partial charge >= 0.3 is 5.97 Å². The van der Waals surface area contributed by atoms with Crippen molar-refractivity contribution in [3.05, 3.63) is 11.6 Å². The van der Waals surface area contributed by atoms with E-state index in [9.17, 15) is 4.79 Å². The largest absolute Gasteiger partial charge is 0.462 e. The van der Waals surface area contributed by atoms with Gasteiger partial charge < -0.3 is 4.74 Å². The van der Waals surface area contributed by atoms with Crippen LogP contribution >= 0.6 is 0 Å². The Morgan fingerprint density at radius 2 is 1.62 bits per heavy atom. The maximum atomic E-state index is 12.4. The molecule has 0 N–H and O–H groups in total. The van der Waals surface area contributed by atoms with Gasteiger partial charge in [0.05, 0.1) is 0 Å². The minimum absolute atomic E-state index is 0.0342. The Balaban J connectivity index is 1.60. The van der Waals surface area contributed by atoms with Crippen LogP contribution in [0.5, 0.6) is 0 Å². The molecule has 0 aromatic rings. The minimum atomic E-state index is -0.0897. The van der Waals surface area contributed by atoms with Crippen LogP contribution in [0.2, 0.25) is 0 Å². The average Bonchev–Trinajstić information content (AvgIpc) is 2.71. The normalized spacial score (nSPS) is 54.0. The van der Waals surface area contributed by atoms with Gasteiger partial charge in [-0.05, 0) is 110 Å². The first kappa shape index (κ1) is 24.9. The van der Waals surface area contributed by atoms with Gasteiger partial charge in [0.1, 0.15) is 6.10 Å². The Morgan fingerprint density at radius 1 is 0.912 bits per heavy atom.